The van der Waals surface area contributed by atoms with Gasteiger partial charge in [-0.2, -0.15) is 0 Å². The number of amides is 3. The van der Waals surface area contributed by atoms with Crippen LogP contribution in [0.25, 0.3) is 0 Å². The van der Waals surface area contributed by atoms with Crippen molar-refractivity contribution in [1.29, 1.82) is 0 Å². The van der Waals surface area contributed by atoms with Crippen LogP contribution >= 0.6 is 11.8 Å². The summed E-state index contributed by atoms with van der Waals surface area (Å²) in [7, 11) is 1.61. The maximum atomic E-state index is 13.7. The summed E-state index contributed by atoms with van der Waals surface area (Å²) < 4.78 is 5.17. The molecule has 2 heterocycles. The van der Waals surface area contributed by atoms with Gasteiger partial charge in [0, 0.05) is 25.1 Å². The topological polar surface area (TPSA) is 112 Å². The summed E-state index contributed by atoms with van der Waals surface area (Å²) in [5.74, 6) is 0.741. The van der Waals surface area contributed by atoms with Gasteiger partial charge in [-0.15, -0.1) is 0 Å². The monoisotopic (exact) mass is 597 g/mol. The number of carbonyl (C=O) groups is 3. The predicted molar refractivity (Wildman–Crippen MR) is 169 cm³/mol. The second-order valence-corrected chi connectivity index (χ2v) is 11.6. The highest BCUT2D eigenvalue weighted by Crippen LogP contribution is 2.35. The van der Waals surface area contributed by atoms with Crippen LogP contribution in [0.2, 0.25) is 0 Å². The molecule has 10 heteroatoms. The van der Waals surface area contributed by atoms with E-state index in [1.807, 2.05) is 86.6 Å². The van der Waals surface area contributed by atoms with Crippen molar-refractivity contribution in [2.45, 2.75) is 57.5 Å². The molecule has 3 aromatic carbocycles. The maximum absolute atomic E-state index is 13.7. The van der Waals surface area contributed by atoms with Gasteiger partial charge in [-0.1, -0.05) is 72.8 Å². The molecule has 43 heavy (non-hydrogen) atoms. The third kappa shape index (κ3) is 7.14. The molecule has 3 aromatic rings. The number of amidine groups is 2. The number of hydrogen-bond donors (Lipinski definition) is 2. The molecule has 2 unspecified atom stereocenters. The number of nitrogens with one attached hydrogen (secondary N) is 2. The molecule has 0 radical (unpaired) electrons. The van der Waals surface area contributed by atoms with E-state index in [4.69, 9.17) is 14.7 Å². The SMILES string of the molecule is CCC(SC1=Nc2ccccc2C2=NC(CCC(=O)NCc3ccc(OC)cc3)C(=O)N12)C(=O)NCc1ccc(C)cc1. The Morgan fingerprint density at radius 3 is 2.35 bits per heavy atom. The van der Waals surface area contributed by atoms with Gasteiger partial charge in [0.05, 0.1) is 18.0 Å². The number of ether oxygens (including phenoxy) is 1. The second-order valence-electron chi connectivity index (χ2n) is 10.4. The van der Waals surface area contributed by atoms with E-state index in [-0.39, 0.29) is 30.6 Å². The molecule has 0 spiro atoms. The Hall–Kier alpha value is -4.44. The predicted octanol–water partition coefficient (Wildman–Crippen LogP) is 4.89. The van der Waals surface area contributed by atoms with Crippen molar-refractivity contribution < 1.29 is 19.1 Å². The first-order valence-corrected chi connectivity index (χ1v) is 15.2. The lowest BCUT2D eigenvalue weighted by atomic mass is 10.1. The van der Waals surface area contributed by atoms with Crippen LogP contribution in [0.3, 0.4) is 0 Å². The Morgan fingerprint density at radius 1 is 0.977 bits per heavy atom. The largest absolute Gasteiger partial charge is 0.497 e. The van der Waals surface area contributed by atoms with Crippen LogP contribution in [0.5, 0.6) is 5.75 Å². The summed E-state index contributed by atoms with van der Waals surface area (Å²) in [6.45, 7) is 4.76. The minimum atomic E-state index is -0.714. The summed E-state index contributed by atoms with van der Waals surface area (Å²) in [5, 5.41) is 5.90. The molecular weight excluding hydrogens is 562 g/mol. The van der Waals surface area contributed by atoms with Crippen molar-refractivity contribution >= 4 is 46.2 Å². The quantitative estimate of drug-likeness (QED) is 0.327. The molecule has 5 rings (SSSR count). The Bertz CT molecular complexity index is 1550. The van der Waals surface area contributed by atoms with Crippen LogP contribution in [0.4, 0.5) is 5.69 Å². The Balaban J connectivity index is 1.24. The molecule has 9 nitrogen and oxygen atoms in total. The maximum Gasteiger partial charge on any atom is 0.259 e. The lowest BCUT2D eigenvalue weighted by Gasteiger charge is -2.27. The van der Waals surface area contributed by atoms with E-state index in [0.717, 1.165) is 28.0 Å². The van der Waals surface area contributed by atoms with Crippen LogP contribution in [-0.2, 0) is 27.5 Å². The highest BCUT2D eigenvalue weighted by Gasteiger charge is 2.42. The van der Waals surface area contributed by atoms with Crippen LogP contribution in [0.1, 0.15) is 48.4 Å². The van der Waals surface area contributed by atoms with Gasteiger partial charge in [-0.25, -0.2) is 9.89 Å². The molecule has 0 saturated heterocycles. The number of carbonyl (C=O) groups excluding carboxylic acids is 3. The molecule has 0 aromatic heterocycles. The number of thioether (sulfide) groups is 1. The van der Waals surface area contributed by atoms with Crippen molar-refractivity contribution in [1.82, 2.24) is 15.5 Å². The van der Waals surface area contributed by atoms with E-state index in [9.17, 15) is 14.4 Å². The van der Waals surface area contributed by atoms with Crippen LogP contribution < -0.4 is 15.4 Å². The van der Waals surface area contributed by atoms with E-state index in [1.165, 1.54) is 16.7 Å². The highest BCUT2D eigenvalue weighted by molar-refractivity contribution is 8.15. The summed E-state index contributed by atoms with van der Waals surface area (Å²) in [4.78, 5) is 50.5. The van der Waals surface area contributed by atoms with Gasteiger partial charge in [-0.3, -0.25) is 19.4 Å². The average molecular weight is 598 g/mol. The average Bonchev–Trinajstić information content (AvgIpc) is 3.37. The van der Waals surface area contributed by atoms with Gasteiger partial charge in [0.2, 0.25) is 11.8 Å². The van der Waals surface area contributed by atoms with Crippen LogP contribution in [0.15, 0.2) is 82.8 Å². The Labute approximate surface area is 255 Å². The summed E-state index contributed by atoms with van der Waals surface area (Å²) in [6, 6.07) is 22.3. The zero-order valence-electron chi connectivity index (χ0n) is 24.5. The smallest absolute Gasteiger partial charge is 0.259 e. The van der Waals surface area contributed by atoms with Crippen molar-refractivity contribution in [2.24, 2.45) is 9.98 Å². The van der Waals surface area contributed by atoms with Crippen molar-refractivity contribution in [3.05, 3.63) is 95.1 Å². The zero-order chi connectivity index (χ0) is 30.3. The van der Waals surface area contributed by atoms with E-state index in [0.29, 0.717) is 36.2 Å². The third-order valence-electron chi connectivity index (χ3n) is 7.34. The molecule has 2 aliphatic rings. The fourth-order valence-electron chi connectivity index (χ4n) is 4.83. The van der Waals surface area contributed by atoms with Gasteiger partial charge in [0.25, 0.3) is 5.91 Å². The Morgan fingerprint density at radius 2 is 1.65 bits per heavy atom. The fraction of sp³-hybridized carbons (Fsp3) is 0.303. The van der Waals surface area contributed by atoms with E-state index < -0.39 is 11.3 Å². The second kappa shape index (κ2) is 13.7. The summed E-state index contributed by atoms with van der Waals surface area (Å²) >= 11 is 1.26. The molecule has 2 atom stereocenters. The first-order chi connectivity index (χ1) is 20.9. The number of methoxy groups -OCH3 is 1. The Kier molecular flexibility index (Phi) is 9.56. The molecule has 222 valence electrons. The van der Waals surface area contributed by atoms with Gasteiger partial charge >= 0.3 is 0 Å². The minimum Gasteiger partial charge on any atom is -0.497 e. The molecule has 2 N–H and O–H groups in total. The molecule has 0 bridgehead atoms. The molecule has 3 amide bonds. The normalized spacial score (nSPS) is 16.0. The highest BCUT2D eigenvalue weighted by atomic mass is 32.2. The van der Waals surface area contributed by atoms with Gasteiger partial charge < -0.3 is 15.4 Å². The van der Waals surface area contributed by atoms with E-state index >= 15 is 0 Å². The number of nitrogens with zero attached hydrogens (tertiary/aromatic N) is 3. The third-order valence-corrected chi connectivity index (χ3v) is 8.66. The number of fused-ring (bicyclic) bond motifs is 3. The molecule has 0 aliphatic carbocycles. The number of rotatable bonds is 11. The summed E-state index contributed by atoms with van der Waals surface area (Å²) in [6.07, 6.45) is 0.969. The number of benzene rings is 3. The van der Waals surface area contributed by atoms with Crippen molar-refractivity contribution in [3.63, 3.8) is 0 Å². The molecule has 2 aliphatic heterocycles. The molecule has 0 saturated carbocycles. The van der Waals surface area contributed by atoms with E-state index in [1.54, 1.807) is 7.11 Å². The minimum absolute atomic E-state index is 0.121. The van der Waals surface area contributed by atoms with Gasteiger partial charge in [0.15, 0.2) is 5.17 Å². The van der Waals surface area contributed by atoms with Crippen molar-refractivity contribution in [2.75, 3.05) is 7.11 Å². The van der Waals surface area contributed by atoms with E-state index in [2.05, 4.69) is 10.6 Å². The lowest BCUT2D eigenvalue weighted by molar-refractivity contribution is -0.125. The number of aryl methyl sites for hydroxylation is 1. The van der Waals surface area contributed by atoms with Crippen LogP contribution in [0, 0.1) is 6.92 Å². The molecule has 0 fully saturated rings. The first-order valence-electron chi connectivity index (χ1n) is 14.4. The molecular formula is C33H35N5O4S. The van der Waals surface area contributed by atoms with Gasteiger partial charge in [0.1, 0.15) is 17.6 Å². The number of hydrogen-bond acceptors (Lipinski definition) is 7. The van der Waals surface area contributed by atoms with Crippen LogP contribution in [-0.4, -0.2) is 52.0 Å². The first kappa shape index (κ1) is 30.0. The summed E-state index contributed by atoms with van der Waals surface area (Å²) in [5.41, 5.74) is 4.58. The van der Waals surface area contributed by atoms with Gasteiger partial charge in [-0.05, 0) is 55.2 Å². The van der Waals surface area contributed by atoms with Crippen molar-refractivity contribution in [3.8, 4) is 5.75 Å². The standard InChI is InChI=1S/C33H35N5O4S/c1-4-28(31(40)35-20-22-11-9-21(2)10-12-22)43-33-37-26-8-6-5-7-25(26)30-36-27(32(41)38(30)33)17-18-29(39)34-19-23-13-15-24(42-3)16-14-23/h5-16,27-28H,4,17-20H2,1-3H3,(H,34,39)(H,35,40). The fourth-order valence-corrected chi connectivity index (χ4v) is 5.87. The lowest BCUT2D eigenvalue weighted by Crippen LogP contribution is -2.43. The zero-order valence-corrected chi connectivity index (χ0v) is 25.3. The number of para-hydroxylation sites is 1. The number of aliphatic imine (C=N–C) groups is 2.